The number of hydrogen-bond acceptors (Lipinski definition) is 3. The largest absolute Gasteiger partial charge is 0.377 e. The lowest BCUT2D eigenvalue weighted by Gasteiger charge is -2.53. The lowest BCUT2D eigenvalue weighted by atomic mass is 9.64. The van der Waals surface area contributed by atoms with Gasteiger partial charge in [-0.15, -0.1) is 0 Å². The summed E-state index contributed by atoms with van der Waals surface area (Å²) in [6, 6.07) is 1.39. The average molecular weight is 285 g/mol. The summed E-state index contributed by atoms with van der Waals surface area (Å²) in [6.45, 7) is 10.1. The first-order chi connectivity index (χ1) is 8.93. The molecule has 19 heavy (non-hydrogen) atoms. The number of rotatable bonds is 6. The minimum atomic E-state index is 0.298. The Balaban J connectivity index is 1.75. The Morgan fingerprint density at radius 1 is 1.26 bits per heavy atom. The van der Waals surface area contributed by atoms with Gasteiger partial charge in [0.15, 0.2) is 0 Å². The first-order valence-corrected chi connectivity index (χ1v) is 9.12. The lowest BCUT2D eigenvalue weighted by molar-refractivity contribution is -0.125. The highest BCUT2D eigenvalue weighted by Gasteiger charge is 2.49. The van der Waals surface area contributed by atoms with Gasteiger partial charge in [-0.05, 0) is 37.9 Å². The van der Waals surface area contributed by atoms with Crippen LogP contribution >= 0.6 is 11.8 Å². The molecule has 2 saturated carbocycles. The number of thioether (sulfide) groups is 1. The molecule has 2 rings (SSSR count). The van der Waals surface area contributed by atoms with Crippen molar-refractivity contribution in [1.82, 2.24) is 5.32 Å². The third-order valence-electron chi connectivity index (χ3n) is 4.96. The molecule has 0 heterocycles. The van der Waals surface area contributed by atoms with Crippen molar-refractivity contribution in [2.45, 2.75) is 76.8 Å². The van der Waals surface area contributed by atoms with Gasteiger partial charge < -0.3 is 10.1 Å². The van der Waals surface area contributed by atoms with Gasteiger partial charge in [0.1, 0.15) is 0 Å². The predicted octanol–water partition coefficient (Wildman–Crippen LogP) is 3.70. The van der Waals surface area contributed by atoms with E-state index in [-0.39, 0.29) is 0 Å². The van der Waals surface area contributed by atoms with Crippen molar-refractivity contribution in [3.63, 3.8) is 0 Å². The van der Waals surface area contributed by atoms with Crippen LogP contribution in [0.15, 0.2) is 0 Å². The molecular formula is C16H31NOS. The van der Waals surface area contributed by atoms with Crippen LogP contribution in [0.4, 0.5) is 0 Å². The van der Waals surface area contributed by atoms with Crippen LogP contribution in [0.3, 0.4) is 0 Å². The van der Waals surface area contributed by atoms with Crippen molar-refractivity contribution in [1.29, 1.82) is 0 Å². The van der Waals surface area contributed by atoms with Crippen LogP contribution in [-0.2, 0) is 4.74 Å². The Morgan fingerprint density at radius 3 is 2.53 bits per heavy atom. The van der Waals surface area contributed by atoms with Crippen molar-refractivity contribution >= 4 is 11.8 Å². The highest BCUT2D eigenvalue weighted by Crippen LogP contribution is 2.44. The molecule has 0 aromatic carbocycles. The Labute approximate surface area is 123 Å². The topological polar surface area (TPSA) is 21.3 Å². The molecule has 2 aliphatic rings. The minimum Gasteiger partial charge on any atom is -0.377 e. The van der Waals surface area contributed by atoms with E-state index >= 15 is 0 Å². The second-order valence-electron chi connectivity index (χ2n) is 7.36. The molecule has 2 fully saturated rings. The molecular weight excluding hydrogens is 254 g/mol. The minimum absolute atomic E-state index is 0.298. The standard InChI is InChI=1S/C16H31NOS/c1-11(2)10-18-15-9-14(16(15,3)4)17-12-6-7-13(8-12)19-5/h11-15,17H,6-10H2,1-5H3. The molecule has 0 saturated heterocycles. The van der Waals surface area contributed by atoms with E-state index in [0.29, 0.717) is 23.5 Å². The van der Waals surface area contributed by atoms with Crippen molar-refractivity contribution in [2.75, 3.05) is 12.9 Å². The monoisotopic (exact) mass is 285 g/mol. The second kappa shape index (κ2) is 6.36. The molecule has 0 spiro atoms. The van der Waals surface area contributed by atoms with Crippen molar-refractivity contribution in [2.24, 2.45) is 11.3 Å². The average Bonchev–Trinajstić information content (AvgIpc) is 2.80. The molecule has 112 valence electrons. The number of nitrogens with one attached hydrogen (secondary N) is 1. The van der Waals surface area contributed by atoms with Gasteiger partial charge in [-0.2, -0.15) is 11.8 Å². The fraction of sp³-hybridized carbons (Fsp3) is 1.00. The van der Waals surface area contributed by atoms with Crippen LogP contribution in [0, 0.1) is 11.3 Å². The predicted molar refractivity (Wildman–Crippen MR) is 84.8 cm³/mol. The van der Waals surface area contributed by atoms with Gasteiger partial charge >= 0.3 is 0 Å². The van der Waals surface area contributed by atoms with E-state index in [4.69, 9.17) is 4.74 Å². The summed E-state index contributed by atoms with van der Waals surface area (Å²) in [5.74, 6) is 0.639. The van der Waals surface area contributed by atoms with E-state index < -0.39 is 0 Å². The van der Waals surface area contributed by atoms with E-state index in [0.717, 1.165) is 17.9 Å². The second-order valence-corrected chi connectivity index (χ2v) is 8.50. The van der Waals surface area contributed by atoms with Gasteiger partial charge in [0, 0.05) is 29.4 Å². The SMILES string of the molecule is CSC1CCC(NC2CC(OCC(C)C)C2(C)C)C1. The maximum absolute atomic E-state index is 6.05. The maximum Gasteiger partial charge on any atom is 0.0656 e. The summed E-state index contributed by atoms with van der Waals surface area (Å²) < 4.78 is 6.05. The number of hydrogen-bond donors (Lipinski definition) is 1. The van der Waals surface area contributed by atoms with Crippen molar-refractivity contribution < 1.29 is 4.74 Å². The summed E-state index contributed by atoms with van der Waals surface area (Å²) >= 11 is 2.04. The summed E-state index contributed by atoms with van der Waals surface area (Å²) in [4.78, 5) is 0. The van der Waals surface area contributed by atoms with Crippen LogP contribution in [0.2, 0.25) is 0 Å². The molecule has 0 aliphatic heterocycles. The molecule has 4 unspecified atom stereocenters. The third-order valence-corrected chi connectivity index (χ3v) is 6.06. The normalized spacial score (nSPS) is 37.6. The quantitative estimate of drug-likeness (QED) is 0.804. The van der Waals surface area contributed by atoms with Crippen LogP contribution in [0.25, 0.3) is 0 Å². The van der Waals surface area contributed by atoms with E-state index in [1.54, 1.807) is 0 Å². The molecule has 3 heteroatoms. The van der Waals surface area contributed by atoms with Gasteiger partial charge in [-0.25, -0.2) is 0 Å². The molecule has 0 bridgehead atoms. The Bertz CT molecular complexity index is 292. The first kappa shape index (κ1) is 15.7. The summed E-state index contributed by atoms with van der Waals surface area (Å²) in [5.41, 5.74) is 0.298. The number of ether oxygens (including phenoxy) is 1. The van der Waals surface area contributed by atoms with Crippen molar-refractivity contribution in [3.05, 3.63) is 0 Å². The van der Waals surface area contributed by atoms with E-state index in [1.807, 2.05) is 11.8 Å². The zero-order valence-electron chi connectivity index (χ0n) is 13.2. The summed E-state index contributed by atoms with van der Waals surface area (Å²) in [5, 5.41) is 4.78. The fourth-order valence-electron chi connectivity index (χ4n) is 3.35. The van der Waals surface area contributed by atoms with Gasteiger partial charge in [0.25, 0.3) is 0 Å². The Morgan fingerprint density at radius 2 is 2.00 bits per heavy atom. The first-order valence-electron chi connectivity index (χ1n) is 7.84. The Hall–Kier alpha value is 0.270. The van der Waals surface area contributed by atoms with Crippen LogP contribution < -0.4 is 5.32 Å². The van der Waals surface area contributed by atoms with Crippen LogP contribution in [0.5, 0.6) is 0 Å². The van der Waals surface area contributed by atoms with Gasteiger partial charge in [-0.3, -0.25) is 0 Å². The molecule has 0 aromatic rings. The fourth-order valence-corrected chi connectivity index (χ4v) is 4.15. The van der Waals surface area contributed by atoms with E-state index in [9.17, 15) is 0 Å². The molecule has 2 nitrogen and oxygen atoms in total. The summed E-state index contributed by atoms with van der Waals surface area (Å²) in [6.07, 6.45) is 7.99. The molecule has 1 N–H and O–H groups in total. The smallest absolute Gasteiger partial charge is 0.0656 e. The molecule has 0 amide bonds. The molecule has 4 atom stereocenters. The van der Waals surface area contributed by atoms with Crippen LogP contribution in [0.1, 0.15) is 53.4 Å². The van der Waals surface area contributed by atoms with E-state index in [2.05, 4.69) is 39.3 Å². The molecule has 0 radical (unpaired) electrons. The van der Waals surface area contributed by atoms with E-state index in [1.165, 1.54) is 25.7 Å². The van der Waals surface area contributed by atoms with Gasteiger partial charge in [-0.1, -0.05) is 27.7 Å². The summed E-state index contributed by atoms with van der Waals surface area (Å²) in [7, 11) is 0. The van der Waals surface area contributed by atoms with Crippen LogP contribution in [-0.4, -0.2) is 36.3 Å². The Kier molecular flexibility index (Phi) is 5.24. The van der Waals surface area contributed by atoms with Gasteiger partial charge in [0.05, 0.1) is 6.10 Å². The zero-order valence-corrected chi connectivity index (χ0v) is 14.1. The third kappa shape index (κ3) is 3.68. The zero-order chi connectivity index (χ0) is 14.0. The maximum atomic E-state index is 6.05. The van der Waals surface area contributed by atoms with Gasteiger partial charge in [0.2, 0.25) is 0 Å². The van der Waals surface area contributed by atoms with Crippen molar-refractivity contribution in [3.8, 4) is 0 Å². The highest BCUT2D eigenvalue weighted by molar-refractivity contribution is 7.99. The molecule has 0 aromatic heterocycles. The molecule has 2 aliphatic carbocycles. The lowest BCUT2D eigenvalue weighted by Crippen LogP contribution is -2.62. The highest BCUT2D eigenvalue weighted by atomic mass is 32.2.